The first kappa shape index (κ1) is 11.4. The number of fused-ring (bicyclic) bond motifs is 1. The van der Waals surface area contributed by atoms with Gasteiger partial charge in [0, 0.05) is 17.1 Å². The molecule has 3 aromatic rings. The molecule has 19 heavy (non-hydrogen) atoms. The van der Waals surface area contributed by atoms with Gasteiger partial charge in [0.15, 0.2) is 0 Å². The third-order valence-electron chi connectivity index (χ3n) is 2.89. The van der Waals surface area contributed by atoms with Gasteiger partial charge < -0.3 is 4.98 Å². The molecule has 3 rings (SSSR count). The molecule has 1 aromatic carbocycles. The van der Waals surface area contributed by atoms with Crippen molar-refractivity contribution in [1.82, 2.24) is 9.97 Å². The smallest absolute Gasteiger partial charge is 0.202 e. The Hall–Kier alpha value is -2.68. The number of aromatic nitrogens is 2. The molecule has 3 nitrogen and oxygen atoms in total. The number of hydrogen-bond donors (Lipinski definition) is 1. The summed E-state index contributed by atoms with van der Waals surface area (Å²) in [6.07, 6.45) is 4.95. The predicted molar refractivity (Wildman–Crippen MR) is 75.9 cm³/mol. The highest BCUT2D eigenvalue weighted by atomic mass is 16.1. The highest BCUT2D eigenvalue weighted by Crippen LogP contribution is 2.15. The Bertz CT molecular complexity index is 709. The number of rotatable bonds is 3. The minimum Gasteiger partial charge on any atom is -0.352 e. The van der Waals surface area contributed by atoms with Crippen molar-refractivity contribution in [2.24, 2.45) is 0 Å². The molecule has 0 aliphatic carbocycles. The zero-order valence-corrected chi connectivity index (χ0v) is 10.2. The number of nitrogens with zero attached hydrogens (tertiary/aromatic N) is 1. The number of carbonyl (C=O) groups is 1. The van der Waals surface area contributed by atoms with Crippen LogP contribution in [0.3, 0.4) is 0 Å². The van der Waals surface area contributed by atoms with Crippen LogP contribution in [0.15, 0.2) is 60.8 Å². The topological polar surface area (TPSA) is 45.8 Å². The van der Waals surface area contributed by atoms with E-state index in [0.29, 0.717) is 5.69 Å². The van der Waals surface area contributed by atoms with Crippen LogP contribution in [0.2, 0.25) is 0 Å². The van der Waals surface area contributed by atoms with Crippen molar-refractivity contribution >= 4 is 22.8 Å². The third kappa shape index (κ3) is 2.45. The van der Waals surface area contributed by atoms with Crippen molar-refractivity contribution in [3.8, 4) is 0 Å². The first-order valence-corrected chi connectivity index (χ1v) is 6.04. The maximum absolute atomic E-state index is 12.0. The van der Waals surface area contributed by atoms with Gasteiger partial charge in [0.25, 0.3) is 0 Å². The maximum atomic E-state index is 12.0. The summed E-state index contributed by atoms with van der Waals surface area (Å²) in [6.45, 7) is 0. The maximum Gasteiger partial charge on any atom is 0.202 e. The van der Waals surface area contributed by atoms with Crippen LogP contribution in [-0.2, 0) is 0 Å². The number of ketones is 1. The summed E-state index contributed by atoms with van der Waals surface area (Å²) in [6, 6.07) is 15.3. The number of benzene rings is 1. The zero-order chi connectivity index (χ0) is 13.1. The van der Waals surface area contributed by atoms with E-state index in [0.717, 1.165) is 16.6 Å². The van der Waals surface area contributed by atoms with E-state index in [1.54, 1.807) is 12.3 Å². The lowest BCUT2D eigenvalue weighted by Crippen LogP contribution is -1.93. The van der Waals surface area contributed by atoms with Crippen LogP contribution >= 0.6 is 0 Å². The Kier molecular flexibility index (Phi) is 2.94. The molecule has 2 heterocycles. The number of hydrogen-bond acceptors (Lipinski definition) is 2. The van der Waals surface area contributed by atoms with E-state index in [9.17, 15) is 4.79 Å². The molecule has 0 aliphatic heterocycles. The van der Waals surface area contributed by atoms with Gasteiger partial charge in [-0.3, -0.25) is 9.78 Å². The van der Waals surface area contributed by atoms with Gasteiger partial charge in [0.1, 0.15) is 0 Å². The molecule has 0 bridgehead atoms. The molecule has 0 amide bonds. The summed E-state index contributed by atoms with van der Waals surface area (Å²) < 4.78 is 0. The van der Waals surface area contributed by atoms with E-state index < -0.39 is 0 Å². The molecule has 0 radical (unpaired) electrons. The number of carbonyl (C=O) groups excluding carboxylic acids is 1. The molecular weight excluding hydrogens is 236 g/mol. The molecule has 92 valence electrons. The standard InChI is InChI=1S/C16H12N2O/c19-16(9-8-13-6-3-4-10-17-13)15-11-12-5-1-2-7-14(12)18-15/h1-11,18H/b9-8+. The summed E-state index contributed by atoms with van der Waals surface area (Å²) in [5, 5.41) is 1.04. The third-order valence-corrected chi connectivity index (χ3v) is 2.89. The van der Waals surface area contributed by atoms with Gasteiger partial charge in [-0.2, -0.15) is 0 Å². The van der Waals surface area contributed by atoms with Gasteiger partial charge in [-0.15, -0.1) is 0 Å². The van der Waals surface area contributed by atoms with Gasteiger partial charge >= 0.3 is 0 Å². The normalized spacial score (nSPS) is 11.2. The molecule has 0 saturated carbocycles. The first-order valence-electron chi connectivity index (χ1n) is 6.04. The number of aromatic amines is 1. The van der Waals surface area contributed by atoms with Crippen molar-refractivity contribution in [2.45, 2.75) is 0 Å². The fourth-order valence-electron chi connectivity index (χ4n) is 1.93. The predicted octanol–water partition coefficient (Wildman–Crippen LogP) is 3.46. The quantitative estimate of drug-likeness (QED) is 0.570. The van der Waals surface area contributed by atoms with Crippen LogP contribution < -0.4 is 0 Å². The van der Waals surface area contributed by atoms with Crippen LogP contribution in [-0.4, -0.2) is 15.8 Å². The minimum atomic E-state index is -0.0538. The summed E-state index contributed by atoms with van der Waals surface area (Å²) in [5.74, 6) is -0.0538. The fourth-order valence-corrected chi connectivity index (χ4v) is 1.93. The Balaban J connectivity index is 1.86. The monoisotopic (exact) mass is 248 g/mol. The van der Waals surface area contributed by atoms with E-state index in [-0.39, 0.29) is 5.78 Å². The van der Waals surface area contributed by atoms with Crippen molar-refractivity contribution < 1.29 is 4.79 Å². The molecule has 0 atom stereocenters. The van der Waals surface area contributed by atoms with E-state index in [2.05, 4.69) is 9.97 Å². The molecule has 0 unspecified atom stereocenters. The van der Waals surface area contributed by atoms with Gasteiger partial charge in [0.2, 0.25) is 5.78 Å². The number of pyridine rings is 1. The zero-order valence-electron chi connectivity index (χ0n) is 10.2. The van der Waals surface area contributed by atoms with Crippen LogP contribution in [0.4, 0.5) is 0 Å². The van der Waals surface area contributed by atoms with Gasteiger partial charge in [-0.05, 0) is 36.4 Å². The number of nitrogens with one attached hydrogen (secondary N) is 1. The van der Waals surface area contributed by atoms with Crippen molar-refractivity contribution in [2.75, 3.05) is 0 Å². The van der Waals surface area contributed by atoms with E-state index in [1.165, 1.54) is 6.08 Å². The van der Waals surface area contributed by atoms with E-state index >= 15 is 0 Å². The van der Waals surface area contributed by atoms with Crippen LogP contribution in [0.5, 0.6) is 0 Å². The van der Waals surface area contributed by atoms with Crippen molar-refractivity contribution in [3.63, 3.8) is 0 Å². The number of allylic oxidation sites excluding steroid dienone is 1. The summed E-state index contributed by atoms with van der Waals surface area (Å²) >= 11 is 0. The Morgan fingerprint density at radius 3 is 2.74 bits per heavy atom. The molecular formula is C16H12N2O. The lowest BCUT2D eigenvalue weighted by atomic mass is 10.2. The lowest BCUT2D eigenvalue weighted by molar-refractivity contribution is 0.104. The van der Waals surface area contributed by atoms with E-state index in [1.807, 2.05) is 48.5 Å². The van der Waals surface area contributed by atoms with Gasteiger partial charge in [-0.25, -0.2) is 0 Å². The van der Waals surface area contributed by atoms with Gasteiger partial charge in [0.05, 0.1) is 11.4 Å². The minimum absolute atomic E-state index is 0.0538. The number of H-pyrrole nitrogens is 1. The SMILES string of the molecule is O=C(/C=C/c1ccccn1)c1cc2ccccc2[nH]1. The second-order valence-corrected chi connectivity index (χ2v) is 4.22. The summed E-state index contributed by atoms with van der Waals surface area (Å²) in [5.41, 5.74) is 2.33. The summed E-state index contributed by atoms with van der Waals surface area (Å²) in [7, 11) is 0. The molecule has 0 fully saturated rings. The highest BCUT2D eigenvalue weighted by molar-refractivity contribution is 6.08. The van der Waals surface area contributed by atoms with Crippen LogP contribution in [0, 0.1) is 0 Å². The molecule has 2 aromatic heterocycles. The van der Waals surface area contributed by atoms with Crippen LogP contribution in [0.25, 0.3) is 17.0 Å². The Morgan fingerprint density at radius 1 is 1.11 bits per heavy atom. The highest BCUT2D eigenvalue weighted by Gasteiger charge is 2.05. The summed E-state index contributed by atoms with van der Waals surface area (Å²) in [4.78, 5) is 19.3. The average molecular weight is 248 g/mol. The van der Waals surface area contributed by atoms with Crippen molar-refractivity contribution in [3.05, 3.63) is 72.2 Å². The molecule has 0 spiro atoms. The van der Waals surface area contributed by atoms with Crippen molar-refractivity contribution in [1.29, 1.82) is 0 Å². The molecule has 0 aliphatic rings. The molecule has 1 N–H and O–H groups in total. The first-order chi connectivity index (χ1) is 9.33. The lowest BCUT2D eigenvalue weighted by Gasteiger charge is -1.91. The number of para-hydroxylation sites is 1. The molecule has 0 saturated heterocycles. The van der Waals surface area contributed by atoms with Gasteiger partial charge in [-0.1, -0.05) is 24.3 Å². The second-order valence-electron chi connectivity index (χ2n) is 4.22. The molecule has 3 heteroatoms. The Morgan fingerprint density at radius 2 is 1.95 bits per heavy atom. The van der Waals surface area contributed by atoms with Crippen LogP contribution in [0.1, 0.15) is 16.2 Å². The second kappa shape index (κ2) is 4.90. The van der Waals surface area contributed by atoms with E-state index in [4.69, 9.17) is 0 Å². The largest absolute Gasteiger partial charge is 0.352 e. The average Bonchev–Trinajstić information content (AvgIpc) is 2.90. The fraction of sp³-hybridized carbons (Fsp3) is 0. The Labute approximate surface area is 110 Å².